The average Bonchev–Trinajstić information content (AvgIpc) is 3.37. The summed E-state index contributed by atoms with van der Waals surface area (Å²) >= 11 is 0. The highest BCUT2D eigenvalue weighted by atomic mass is 32.2. The van der Waals surface area contributed by atoms with E-state index in [2.05, 4.69) is 26.1 Å². The summed E-state index contributed by atoms with van der Waals surface area (Å²) in [7, 11) is -3.75. The molecule has 1 fully saturated rings. The molecule has 1 aliphatic carbocycles. The maximum atomic E-state index is 13.8. The SMILES string of the molecule is CC[C@H](C(=O)NC1CCCC1)N(CCc1ccccc1)C(=O)CN(c1ccc(C(C)(C)C)cc1)S(C)(=O)=O. The van der Waals surface area contributed by atoms with Crippen molar-refractivity contribution in [2.75, 3.05) is 23.7 Å². The fourth-order valence-corrected chi connectivity index (χ4v) is 5.85. The molecule has 0 radical (unpaired) electrons. The molecule has 3 rings (SSSR count). The van der Waals surface area contributed by atoms with Gasteiger partial charge in [0.2, 0.25) is 21.8 Å². The van der Waals surface area contributed by atoms with E-state index in [1.807, 2.05) is 49.4 Å². The van der Waals surface area contributed by atoms with E-state index < -0.39 is 16.1 Å². The predicted molar refractivity (Wildman–Crippen MR) is 154 cm³/mol. The van der Waals surface area contributed by atoms with E-state index in [1.165, 1.54) is 0 Å². The molecule has 1 atom stereocenters. The van der Waals surface area contributed by atoms with Crippen LogP contribution in [0.25, 0.3) is 0 Å². The van der Waals surface area contributed by atoms with Gasteiger partial charge in [-0.15, -0.1) is 0 Å². The van der Waals surface area contributed by atoms with Crippen molar-refractivity contribution in [3.8, 4) is 0 Å². The first-order chi connectivity index (χ1) is 17.9. The van der Waals surface area contributed by atoms with Gasteiger partial charge in [-0.1, -0.05) is 83.0 Å². The number of hydrogen-bond acceptors (Lipinski definition) is 4. The molecule has 1 N–H and O–H groups in total. The van der Waals surface area contributed by atoms with Crippen LogP contribution in [-0.4, -0.2) is 56.6 Å². The lowest BCUT2D eigenvalue weighted by atomic mass is 9.87. The fourth-order valence-electron chi connectivity index (χ4n) is 5.00. The predicted octanol–water partition coefficient (Wildman–Crippen LogP) is 4.66. The molecule has 0 aliphatic heterocycles. The summed E-state index contributed by atoms with van der Waals surface area (Å²) in [5.74, 6) is -0.555. The quantitative estimate of drug-likeness (QED) is 0.448. The topological polar surface area (TPSA) is 86.8 Å². The Bertz CT molecular complexity index is 1170. The minimum absolute atomic E-state index is 0.0838. The van der Waals surface area contributed by atoms with Crippen LogP contribution in [0.5, 0.6) is 0 Å². The molecule has 0 spiro atoms. The van der Waals surface area contributed by atoms with Crippen molar-refractivity contribution in [3.63, 3.8) is 0 Å². The zero-order chi connectivity index (χ0) is 27.9. The molecule has 0 bridgehead atoms. The molecule has 0 unspecified atom stereocenters. The summed E-state index contributed by atoms with van der Waals surface area (Å²) in [5, 5.41) is 3.13. The molecule has 38 heavy (non-hydrogen) atoms. The first-order valence-corrected chi connectivity index (χ1v) is 15.5. The molecule has 0 heterocycles. The minimum Gasteiger partial charge on any atom is -0.352 e. The van der Waals surface area contributed by atoms with Crippen LogP contribution >= 0.6 is 0 Å². The highest BCUT2D eigenvalue weighted by molar-refractivity contribution is 7.92. The molecule has 7 nitrogen and oxygen atoms in total. The van der Waals surface area contributed by atoms with Crippen LogP contribution in [0.3, 0.4) is 0 Å². The number of nitrogens with zero attached hydrogens (tertiary/aromatic N) is 2. The molecule has 8 heteroatoms. The Morgan fingerprint density at radius 2 is 1.61 bits per heavy atom. The zero-order valence-electron chi connectivity index (χ0n) is 23.4. The van der Waals surface area contributed by atoms with Gasteiger partial charge in [-0.05, 0) is 54.4 Å². The molecule has 1 saturated carbocycles. The number of anilines is 1. The van der Waals surface area contributed by atoms with Crippen molar-refractivity contribution in [1.29, 1.82) is 0 Å². The third-order valence-corrected chi connectivity index (χ3v) is 8.41. The lowest BCUT2D eigenvalue weighted by Crippen LogP contribution is -2.54. The third-order valence-electron chi connectivity index (χ3n) is 7.27. The Balaban J connectivity index is 1.87. The van der Waals surface area contributed by atoms with Crippen molar-refractivity contribution >= 4 is 27.5 Å². The molecule has 2 amide bonds. The number of benzene rings is 2. The molecular formula is C30H43N3O4S. The summed E-state index contributed by atoms with van der Waals surface area (Å²) in [5.41, 5.74) is 2.47. The Labute approximate surface area is 228 Å². The fraction of sp³-hybridized carbons (Fsp3) is 0.533. The van der Waals surface area contributed by atoms with Crippen LogP contribution in [0.1, 0.15) is 70.9 Å². The Morgan fingerprint density at radius 3 is 2.13 bits per heavy atom. The van der Waals surface area contributed by atoms with Crippen molar-refractivity contribution in [2.24, 2.45) is 0 Å². The molecule has 0 aromatic heterocycles. The van der Waals surface area contributed by atoms with Gasteiger partial charge in [-0.3, -0.25) is 13.9 Å². The van der Waals surface area contributed by atoms with Crippen molar-refractivity contribution < 1.29 is 18.0 Å². The summed E-state index contributed by atoms with van der Waals surface area (Å²) in [6.07, 6.45) is 6.21. The van der Waals surface area contributed by atoms with Gasteiger partial charge in [-0.2, -0.15) is 0 Å². The van der Waals surface area contributed by atoms with E-state index in [4.69, 9.17) is 0 Å². The summed E-state index contributed by atoms with van der Waals surface area (Å²) in [6, 6.07) is 16.5. The number of nitrogens with one attached hydrogen (secondary N) is 1. The van der Waals surface area contributed by atoms with Crippen LogP contribution in [-0.2, 0) is 31.4 Å². The summed E-state index contributed by atoms with van der Waals surface area (Å²) < 4.78 is 26.8. The molecule has 208 valence electrons. The highest BCUT2D eigenvalue weighted by Crippen LogP contribution is 2.26. The van der Waals surface area contributed by atoms with E-state index in [0.717, 1.165) is 47.4 Å². The second-order valence-electron chi connectivity index (χ2n) is 11.3. The van der Waals surface area contributed by atoms with Crippen molar-refractivity contribution in [3.05, 3.63) is 65.7 Å². The van der Waals surface area contributed by atoms with E-state index >= 15 is 0 Å². The number of carbonyl (C=O) groups excluding carboxylic acids is 2. The van der Waals surface area contributed by atoms with Crippen LogP contribution < -0.4 is 9.62 Å². The van der Waals surface area contributed by atoms with E-state index in [0.29, 0.717) is 25.1 Å². The first-order valence-electron chi connectivity index (χ1n) is 13.6. The number of rotatable bonds is 11. The number of carbonyl (C=O) groups is 2. The van der Waals surface area contributed by atoms with Gasteiger partial charge in [0.1, 0.15) is 12.6 Å². The number of amides is 2. The molecule has 2 aromatic rings. The Morgan fingerprint density at radius 1 is 1.00 bits per heavy atom. The lowest BCUT2D eigenvalue weighted by Gasteiger charge is -2.33. The number of sulfonamides is 1. The van der Waals surface area contributed by atoms with E-state index in [9.17, 15) is 18.0 Å². The molecule has 1 aliphatic rings. The van der Waals surface area contributed by atoms with E-state index in [1.54, 1.807) is 17.0 Å². The normalized spacial score (nSPS) is 15.2. The van der Waals surface area contributed by atoms with Crippen LogP contribution in [0.4, 0.5) is 5.69 Å². The second kappa shape index (κ2) is 12.8. The van der Waals surface area contributed by atoms with Crippen LogP contribution in [0.15, 0.2) is 54.6 Å². The minimum atomic E-state index is -3.75. The zero-order valence-corrected chi connectivity index (χ0v) is 24.3. The smallest absolute Gasteiger partial charge is 0.244 e. The summed E-state index contributed by atoms with van der Waals surface area (Å²) in [6.45, 7) is 8.11. The maximum absolute atomic E-state index is 13.8. The van der Waals surface area contributed by atoms with Gasteiger partial charge in [0.25, 0.3) is 0 Å². The van der Waals surface area contributed by atoms with Gasteiger partial charge >= 0.3 is 0 Å². The average molecular weight is 542 g/mol. The van der Waals surface area contributed by atoms with Gasteiger partial charge < -0.3 is 10.2 Å². The van der Waals surface area contributed by atoms with Gasteiger partial charge in [0.05, 0.1) is 11.9 Å². The largest absolute Gasteiger partial charge is 0.352 e. The number of hydrogen-bond donors (Lipinski definition) is 1. The van der Waals surface area contributed by atoms with Crippen molar-refractivity contribution in [1.82, 2.24) is 10.2 Å². The van der Waals surface area contributed by atoms with Crippen molar-refractivity contribution in [2.45, 2.75) is 83.7 Å². The third kappa shape index (κ3) is 8.06. The Kier molecular flexibility index (Phi) is 9.99. The maximum Gasteiger partial charge on any atom is 0.244 e. The van der Waals surface area contributed by atoms with Crippen LogP contribution in [0.2, 0.25) is 0 Å². The molecule has 2 aromatic carbocycles. The molecular weight excluding hydrogens is 498 g/mol. The Hall–Kier alpha value is -2.87. The standard InChI is InChI=1S/C30H43N3O4S/c1-6-27(29(35)31-25-14-10-11-15-25)32(21-20-23-12-8-7-9-13-23)28(34)22-33(38(5,36)37)26-18-16-24(17-19-26)30(2,3)4/h7-9,12-13,16-19,25,27H,6,10-11,14-15,20-22H2,1-5H3,(H,31,35)/t27-/m1/s1. The second-order valence-corrected chi connectivity index (χ2v) is 13.2. The highest BCUT2D eigenvalue weighted by Gasteiger charge is 2.32. The first kappa shape index (κ1) is 29.7. The molecule has 0 saturated heterocycles. The monoisotopic (exact) mass is 541 g/mol. The van der Waals surface area contributed by atoms with Gasteiger partial charge in [0, 0.05) is 12.6 Å². The van der Waals surface area contributed by atoms with E-state index in [-0.39, 0.29) is 29.8 Å². The van der Waals surface area contributed by atoms with Crippen LogP contribution in [0, 0.1) is 0 Å². The lowest BCUT2D eigenvalue weighted by molar-refractivity contribution is -0.139. The summed E-state index contributed by atoms with van der Waals surface area (Å²) in [4.78, 5) is 28.7. The van der Waals surface area contributed by atoms with Gasteiger partial charge in [0.15, 0.2) is 0 Å². The van der Waals surface area contributed by atoms with Gasteiger partial charge in [-0.25, -0.2) is 8.42 Å².